The van der Waals surface area contributed by atoms with E-state index in [-0.39, 0.29) is 49.5 Å². The molecule has 0 radical (unpaired) electrons. The predicted octanol–water partition coefficient (Wildman–Crippen LogP) is -2.93. The Labute approximate surface area is 188 Å². The molecule has 0 aliphatic carbocycles. The van der Waals surface area contributed by atoms with Crippen molar-refractivity contribution in [2.24, 2.45) is 0 Å². The SMILES string of the molecule is OCCOCCOCCO.OCCOCCOCCO.OCCOCCOCCO.P. The van der Waals surface area contributed by atoms with Gasteiger partial charge in [0, 0.05) is 0 Å². The molecule has 0 rings (SSSR count). The van der Waals surface area contributed by atoms with E-state index >= 15 is 0 Å². The van der Waals surface area contributed by atoms with Crippen molar-refractivity contribution < 1.29 is 59.1 Å². The Balaban J connectivity index is -0.000000174. The van der Waals surface area contributed by atoms with Crippen LogP contribution in [0.1, 0.15) is 0 Å². The van der Waals surface area contributed by atoms with Crippen LogP contribution in [-0.4, -0.2) is 150 Å². The highest BCUT2D eigenvalue weighted by Gasteiger charge is 1.88. The minimum atomic E-state index is 0. The minimum Gasteiger partial charge on any atom is -0.394 e. The summed E-state index contributed by atoms with van der Waals surface area (Å²) in [7, 11) is 0. The number of ether oxygens (including phenoxy) is 6. The average Bonchev–Trinajstić information content (AvgIpc) is 2.77. The molecule has 12 nitrogen and oxygen atoms in total. The molecule has 1 atom stereocenters. The maximum atomic E-state index is 8.26. The van der Waals surface area contributed by atoms with Crippen LogP contribution in [0.15, 0.2) is 0 Å². The van der Waals surface area contributed by atoms with E-state index in [1.165, 1.54) is 0 Å². The van der Waals surface area contributed by atoms with E-state index in [1.54, 1.807) is 0 Å². The number of rotatable bonds is 21. The lowest BCUT2D eigenvalue weighted by Crippen LogP contribution is -2.09. The molecular weight excluding hydrogens is 439 g/mol. The van der Waals surface area contributed by atoms with Crippen LogP contribution in [0.4, 0.5) is 0 Å². The van der Waals surface area contributed by atoms with E-state index < -0.39 is 0 Å². The smallest absolute Gasteiger partial charge is 0.0701 e. The van der Waals surface area contributed by atoms with Crippen LogP contribution in [-0.2, 0) is 28.4 Å². The standard InChI is InChI=1S/3C6H14O4.H3P/c3*7-1-3-9-5-6-10-4-2-8;/h3*7-8H,1-6H2;1H3. The Kier molecular flexibility index (Phi) is 54.0. The van der Waals surface area contributed by atoms with Crippen LogP contribution >= 0.6 is 9.90 Å². The topological polar surface area (TPSA) is 177 Å². The highest BCUT2D eigenvalue weighted by molar-refractivity contribution is 6.92. The monoisotopic (exact) mass is 484 g/mol. The van der Waals surface area contributed by atoms with Gasteiger partial charge in [0.1, 0.15) is 0 Å². The first-order valence-corrected chi connectivity index (χ1v) is 9.86. The van der Waals surface area contributed by atoms with E-state index in [4.69, 9.17) is 59.1 Å². The van der Waals surface area contributed by atoms with Crippen molar-refractivity contribution in [3.63, 3.8) is 0 Å². The van der Waals surface area contributed by atoms with Gasteiger partial charge in [0.25, 0.3) is 0 Å². The summed E-state index contributed by atoms with van der Waals surface area (Å²) in [5.74, 6) is 0. The van der Waals surface area contributed by atoms with Gasteiger partial charge < -0.3 is 59.1 Å². The molecule has 0 aliphatic rings. The van der Waals surface area contributed by atoms with Gasteiger partial charge >= 0.3 is 0 Å². The Bertz CT molecular complexity index is 194. The summed E-state index contributed by atoms with van der Waals surface area (Å²) in [6.07, 6.45) is 0. The molecule has 0 spiro atoms. The number of hydrogen-bond acceptors (Lipinski definition) is 12. The highest BCUT2D eigenvalue weighted by atomic mass is 31.0. The molecule has 13 heteroatoms. The molecule has 194 valence electrons. The van der Waals surface area contributed by atoms with Crippen molar-refractivity contribution in [1.29, 1.82) is 0 Å². The summed E-state index contributed by atoms with van der Waals surface area (Å²) < 4.78 is 29.2. The van der Waals surface area contributed by atoms with Crippen LogP contribution < -0.4 is 0 Å². The van der Waals surface area contributed by atoms with Crippen LogP contribution in [0, 0.1) is 0 Å². The fourth-order valence-electron chi connectivity index (χ4n) is 1.35. The summed E-state index contributed by atoms with van der Waals surface area (Å²) in [6, 6.07) is 0. The Morgan fingerprint density at radius 1 is 0.258 bits per heavy atom. The van der Waals surface area contributed by atoms with Crippen molar-refractivity contribution in [2.45, 2.75) is 0 Å². The average molecular weight is 485 g/mol. The second-order valence-corrected chi connectivity index (χ2v) is 5.02. The Morgan fingerprint density at radius 2 is 0.387 bits per heavy atom. The second kappa shape index (κ2) is 43.8. The zero-order chi connectivity index (χ0) is 23.0. The third-order valence-electron chi connectivity index (χ3n) is 2.53. The van der Waals surface area contributed by atoms with Gasteiger partial charge in [-0.15, -0.1) is 0 Å². The molecule has 6 N–H and O–H groups in total. The Hall–Kier alpha value is -0.0500. The lowest BCUT2D eigenvalue weighted by atomic mass is 10.7. The van der Waals surface area contributed by atoms with Gasteiger partial charge in [-0.3, -0.25) is 0 Å². The summed E-state index contributed by atoms with van der Waals surface area (Å²) in [6.45, 7) is 5.18. The Morgan fingerprint density at radius 3 is 0.484 bits per heavy atom. The molecule has 0 amide bonds. The molecule has 0 aromatic carbocycles. The van der Waals surface area contributed by atoms with E-state index in [0.29, 0.717) is 79.3 Å². The number of aliphatic hydroxyl groups is 6. The molecule has 0 fully saturated rings. The largest absolute Gasteiger partial charge is 0.394 e. The van der Waals surface area contributed by atoms with E-state index in [9.17, 15) is 0 Å². The summed E-state index contributed by atoms with van der Waals surface area (Å²) in [5, 5.41) is 49.6. The van der Waals surface area contributed by atoms with Gasteiger partial charge in [-0.2, -0.15) is 9.90 Å². The first-order chi connectivity index (χ1) is 14.7. The highest BCUT2D eigenvalue weighted by Crippen LogP contribution is 1.78. The molecular formula is C18H45O12P. The van der Waals surface area contributed by atoms with Crippen molar-refractivity contribution >= 4 is 9.90 Å². The molecule has 0 bridgehead atoms. The van der Waals surface area contributed by atoms with Crippen LogP contribution in [0.25, 0.3) is 0 Å². The molecule has 0 aromatic heterocycles. The van der Waals surface area contributed by atoms with Gasteiger partial charge in [0.05, 0.1) is 119 Å². The summed E-state index contributed by atoms with van der Waals surface area (Å²) >= 11 is 0. The third-order valence-corrected chi connectivity index (χ3v) is 2.53. The van der Waals surface area contributed by atoms with E-state index in [0.717, 1.165) is 0 Å². The second-order valence-electron chi connectivity index (χ2n) is 5.02. The lowest BCUT2D eigenvalue weighted by molar-refractivity contribution is 0.0222. The number of aliphatic hydroxyl groups excluding tert-OH is 6. The van der Waals surface area contributed by atoms with Crippen LogP contribution in [0.2, 0.25) is 0 Å². The van der Waals surface area contributed by atoms with Crippen LogP contribution in [0.5, 0.6) is 0 Å². The van der Waals surface area contributed by atoms with E-state index in [2.05, 4.69) is 0 Å². The molecule has 0 heterocycles. The summed E-state index contributed by atoms with van der Waals surface area (Å²) in [4.78, 5) is 0. The molecule has 1 unspecified atom stereocenters. The summed E-state index contributed by atoms with van der Waals surface area (Å²) in [5.41, 5.74) is 0. The van der Waals surface area contributed by atoms with Gasteiger partial charge in [-0.25, -0.2) is 0 Å². The minimum absolute atomic E-state index is 0. The fraction of sp³-hybridized carbons (Fsp3) is 1.00. The van der Waals surface area contributed by atoms with Gasteiger partial charge in [0.2, 0.25) is 0 Å². The van der Waals surface area contributed by atoms with Crippen molar-refractivity contribution in [3.05, 3.63) is 0 Å². The van der Waals surface area contributed by atoms with Gasteiger partial charge in [-0.1, -0.05) is 0 Å². The molecule has 0 aromatic rings. The van der Waals surface area contributed by atoms with E-state index in [1.807, 2.05) is 0 Å². The zero-order valence-corrected chi connectivity index (χ0v) is 20.0. The first kappa shape index (κ1) is 38.2. The normalized spacial score (nSPS) is 9.87. The molecule has 0 aliphatic heterocycles. The quantitative estimate of drug-likeness (QED) is 0.0723. The first-order valence-electron chi connectivity index (χ1n) is 9.86. The van der Waals surface area contributed by atoms with Gasteiger partial charge in [0.15, 0.2) is 0 Å². The van der Waals surface area contributed by atoms with Gasteiger partial charge in [-0.05, 0) is 0 Å². The van der Waals surface area contributed by atoms with Crippen molar-refractivity contribution in [3.8, 4) is 0 Å². The molecule has 0 saturated carbocycles. The lowest BCUT2D eigenvalue weighted by Gasteiger charge is -2.01. The number of hydrogen-bond donors (Lipinski definition) is 6. The van der Waals surface area contributed by atoms with Crippen molar-refractivity contribution in [1.82, 2.24) is 0 Å². The van der Waals surface area contributed by atoms with Crippen molar-refractivity contribution in [2.75, 3.05) is 119 Å². The molecule has 31 heavy (non-hydrogen) atoms. The molecule has 0 saturated heterocycles. The predicted molar refractivity (Wildman–Crippen MR) is 119 cm³/mol. The van der Waals surface area contributed by atoms with Crippen LogP contribution in [0.3, 0.4) is 0 Å². The maximum Gasteiger partial charge on any atom is 0.0701 e. The third kappa shape index (κ3) is 53.3. The fourth-order valence-corrected chi connectivity index (χ4v) is 1.35. The zero-order valence-electron chi connectivity index (χ0n) is 18.6. The maximum absolute atomic E-state index is 8.26.